The van der Waals surface area contributed by atoms with E-state index in [9.17, 15) is 0 Å². The fourth-order valence-corrected chi connectivity index (χ4v) is 3.41. The van der Waals surface area contributed by atoms with Crippen LogP contribution in [0.1, 0.15) is 30.0 Å². The van der Waals surface area contributed by atoms with Gasteiger partial charge in [0.2, 0.25) is 0 Å². The van der Waals surface area contributed by atoms with E-state index in [1.54, 1.807) is 0 Å². The second kappa shape index (κ2) is 3.59. The van der Waals surface area contributed by atoms with Gasteiger partial charge in [-0.2, -0.15) is 0 Å². The monoisotopic (exact) mass is 328 g/mol. The van der Waals surface area contributed by atoms with E-state index in [-0.39, 0.29) is 0 Å². The molecule has 1 aliphatic carbocycles. The molecule has 78 valence electrons. The highest BCUT2D eigenvalue weighted by Gasteiger charge is 2.27. The number of rotatable bonds is 0. The Bertz CT molecular complexity index is 454. The molecule has 0 aromatic heterocycles. The lowest BCUT2D eigenvalue weighted by atomic mass is 9.86. The number of nitrogens with one attached hydrogen (secondary N) is 1. The quantitative estimate of drug-likeness (QED) is 0.715. The molecule has 0 amide bonds. The van der Waals surface area contributed by atoms with Crippen molar-refractivity contribution in [1.82, 2.24) is 0 Å². The first-order chi connectivity index (χ1) is 7.25. The zero-order valence-electron chi connectivity index (χ0n) is 8.06. The number of hydrogen-bond acceptors (Lipinski definition) is 2. The van der Waals surface area contributed by atoms with Crippen LogP contribution >= 0.6 is 31.9 Å². The van der Waals surface area contributed by atoms with E-state index >= 15 is 0 Å². The maximum atomic E-state index is 4.60. The van der Waals surface area contributed by atoms with Crippen molar-refractivity contribution >= 4 is 42.3 Å². The first-order valence-electron chi connectivity index (χ1n) is 5.07. The van der Waals surface area contributed by atoms with Crippen molar-refractivity contribution in [2.75, 3.05) is 5.32 Å². The summed E-state index contributed by atoms with van der Waals surface area (Å²) in [5.74, 6) is 0. The van der Waals surface area contributed by atoms with Gasteiger partial charge in [0, 0.05) is 15.7 Å². The molecule has 2 aliphatic rings. The van der Waals surface area contributed by atoms with Gasteiger partial charge in [-0.15, -0.1) is 0 Å². The molecule has 1 unspecified atom stereocenters. The lowest BCUT2D eigenvalue weighted by molar-refractivity contribution is 0.570. The molecule has 0 bridgehead atoms. The van der Waals surface area contributed by atoms with Gasteiger partial charge in [0.05, 0.1) is 6.04 Å². The van der Waals surface area contributed by atoms with Crippen molar-refractivity contribution in [3.63, 3.8) is 0 Å². The summed E-state index contributed by atoms with van der Waals surface area (Å²) in [4.78, 5) is 4.60. The van der Waals surface area contributed by atoms with Gasteiger partial charge in [-0.05, 0) is 52.9 Å². The summed E-state index contributed by atoms with van der Waals surface area (Å²) < 4.78 is 2.08. The van der Waals surface area contributed by atoms with Gasteiger partial charge in [-0.3, -0.25) is 4.99 Å². The van der Waals surface area contributed by atoms with E-state index < -0.39 is 0 Å². The Labute approximate surface area is 105 Å². The van der Waals surface area contributed by atoms with Crippen molar-refractivity contribution in [3.8, 4) is 0 Å². The van der Waals surface area contributed by atoms with E-state index in [0.717, 1.165) is 17.6 Å². The first kappa shape index (κ1) is 9.85. The second-order valence-corrected chi connectivity index (χ2v) is 5.55. The molecular formula is C11H10Br2N2. The maximum Gasteiger partial charge on any atom is 0.170 e. The number of hydrogen-bond donors (Lipinski definition) is 1. The summed E-state index contributed by atoms with van der Waals surface area (Å²) in [5.41, 5.74) is 4.03. The van der Waals surface area contributed by atoms with Gasteiger partial charge in [0.15, 0.2) is 4.74 Å². The third-order valence-electron chi connectivity index (χ3n) is 3.04. The van der Waals surface area contributed by atoms with Gasteiger partial charge < -0.3 is 5.32 Å². The summed E-state index contributed by atoms with van der Waals surface area (Å²) >= 11 is 7.06. The molecular weight excluding hydrogens is 320 g/mol. The Kier molecular flexibility index (Phi) is 2.36. The third kappa shape index (κ3) is 1.54. The molecule has 1 aromatic carbocycles. The van der Waals surface area contributed by atoms with Gasteiger partial charge >= 0.3 is 0 Å². The number of halogens is 2. The van der Waals surface area contributed by atoms with Crippen molar-refractivity contribution in [2.24, 2.45) is 4.99 Å². The number of nitrogens with zero attached hydrogens (tertiary/aromatic N) is 1. The predicted molar refractivity (Wildman–Crippen MR) is 69.8 cm³/mol. The normalized spacial score (nSPS) is 22.8. The van der Waals surface area contributed by atoms with Crippen LogP contribution in [0.4, 0.5) is 5.69 Å². The van der Waals surface area contributed by atoms with E-state index in [0.29, 0.717) is 6.04 Å². The van der Waals surface area contributed by atoms with E-state index in [1.807, 2.05) is 0 Å². The molecule has 4 heteroatoms. The Hall–Kier alpha value is -0.350. The second-order valence-electron chi connectivity index (χ2n) is 3.94. The number of amidine groups is 1. The lowest BCUT2D eigenvalue weighted by Gasteiger charge is -2.30. The molecule has 1 N–H and O–H groups in total. The molecule has 0 spiro atoms. The van der Waals surface area contributed by atoms with Crippen LogP contribution < -0.4 is 5.32 Å². The first-order valence-corrected chi connectivity index (χ1v) is 6.66. The van der Waals surface area contributed by atoms with Crippen molar-refractivity contribution in [2.45, 2.75) is 25.3 Å². The molecule has 0 saturated heterocycles. The van der Waals surface area contributed by atoms with Crippen molar-refractivity contribution in [3.05, 3.63) is 27.7 Å². The number of benzene rings is 1. The fraction of sp³-hybridized carbons (Fsp3) is 0.364. The van der Waals surface area contributed by atoms with Crippen LogP contribution in [-0.2, 0) is 6.42 Å². The highest BCUT2D eigenvalue weighted by atomic mass is 79.9. The predicted octanol–water partition coefficient (Wildman–Crippen LogP) is 4.00. The smallest absolute Gasteiger partial charge is 0.170 e. The molecule has 3 rings (SSSR count). The average molecular weight is 330 g/mol. The lowest BCUT2D eigenvalue weighted by Crippen LogP contribution is -2.20. The molecule has 1 atom stereocenters. The van der Waals surface area contributed by atoms with Gasteiger partial charge in [-0.1, -0.05) is 15.9 Å². The Balaban J connectivity index is 2.23. The topological polar surface area (TPSA) is 24.4 Å². The van der Waals surface area contributed by atoms with Crippen LogP contribution in [0.3, 0.4) is 0 Å². The molecule has 1 heterocycles. The molecule has 0 fully saturated rings. The van der Waals surface area contributed by atoms with Crippen molar-refractivity contribution < 1.29 is 0 Å². The third-order valence-corrected chi connectivity index (χ3v) is 4.19. The minimum absolute atomic E-state index is 0.344. The van der Waals surface area contributed by atoms with Crippen LogP contribution in [0.5, 0.6) is 0 Å². The van der Waals surface area contributed by atoms with Crippen LogP contribution in [0.15, 0.2) is 21.6 Å². The Morgan fingerprint density at radius 3 is 3.07 bits per heavy atom. The molecule has 0 saturated carbocycles. The van der Waals surface area contributed by atoms with E-state index in [2.05, 4.69) is 54.3 Å². The molecule has 15 heavy (non-hydrogen) atoms. The Morgan fingerprint density at radius 1 is 1.33 bits per heavy atom. The zero-order valence-corrected chi connectivity index (χ0v) is 11.2. The largest absolute Gasteiger partial charge is 0.334 e. The summed E-state index contributed by atoms with van der Waals surface area (Å²) in [6.45, 7) is 0. The van der Waals surface area contributed by atoms with Gasteiger partial charge in [0.1, 0.15) is 0 Å². The summed E-state index contributed by atoms with van der Waals surface area (Å²) in [6.07, 6.45) is 3.55. The van der Waals surface area contributed by atoms with Crippen LogP contribution in [-0.4, -0.2) is 4.74 Å². The number of aliphatic imine (C=N–C) groups is 1. The van der Waals surface area contributed by atoms with Gasteiger partial charge in [-0.25, -0.2) is 0 Å². The van der Waals surface area contributed by atoms with Crippen LogP contribution in [0, 0.1) is 0 Å². The minimum Gasteiger partial charge on any atom is -0.334 e. The molecule has 1 aromatic rings. The van der Waals surface area contributed by atoms with Crippen LogP contribution in [0.25, 0.3) is 0 Å². The van der Waals surface area contributed by atoms with E-state index in [1.165, 1.54) is 27.7 Å². The average Bonchev–Trinajstić information content (AvgIpc) is 2.23. The SMILES string of the molecule is BrC1=NC2CCCc3c(Br)ccc(c32)N1. The van der Waals surface area contributed by atoms with Crippen molar-refractivity contribution in [1.29, 1.82) is 0 Å². The minimum atomic E-state index is 0.344. The van der Waals surface area contributed by atoms with Gasteiger partial charge in [0.25, 0.3) is 0 Å². The highest BCUT2D eigenvalue weighted by molar-refractivity contribution is 9.18. The molecule has 2 nitrogen and oxygen atoms in total. The van der Waals surface area contributed by atoms with Crippen LogP contribution in [0.2, 0.25) is 0 Å². The molecule has 0 radical (unpaired) electrons. The fourth-order valence-electron chi connectivity index (χ4n) is 2.41. The summed E-state index contributed by atoms with van der Waals surface area (Å²) in [6, 6.07) is 4.59. The summed E-state index contributed by atoms with van der Waals surface area (Å²) in [7, 11) is 0. The highest BCUT2D eigenvalue weighted by Crippen LogP contribution is 2.43. The zero-order chi connectivity index (χ0) is 10.4. The number of anilines is 1. The Morgan fingerprint density at radius 2 is 2.20 bits per heavy atom. The van der Waals surface area contributed by atoms with E-state index in [4.69, 9.17) is 0 Å². The molecule has 1 aliphatic heterocycles. The maximum absolute atomic E-state index is 4.60. The standard InChI is InChI=1S/C11H10Br2N2/c12-7-4-5-9-10-6(7)2-1-3-8(10)14-11(13)15-9/h4-5,8H,1-3H2,(H,14,15). The summed E-state index contributed by atoms with van der Waals surface area (Å²) in [5, 5.41) is 3.27.